The van der Waals surface area contributed by atoms with Crippen LogP contribution in [0.3, 0.4) is 0 Å². The third kappa shape index (κ3) is 3.92. The molecule has 1 aliphatic rings. The van der Waals surface area contributed by atoms with Crippen molar-refractivity contribution in [2.24, 2.45) is 0 Å². The van der Waals surface area contributed by atoms with Crippen molar-refractivity contribution < 1.29 is 0 Å². The van der Waals surface area contributed by atoms with Crippen LogP contribution < -0.4 is 0 Å². The first kappa shape index (κ1) is 14.3. The average Bonchev–Trinajstić information content (AvgIpc) is 2.80. The molecule has 102 valence electrons. The zero-order valence-corrected chi connectivity index (χ0v) is 12.8. The molecule has 1 unspecified atom stereocenters. The Balaban J connectivity index is 1.71. The third-order valence-electron chi connectivity index (χ3n) is 3.54. The lowest BCUT2D eigenvalue weighted by molar-refractivity contribution is 0.0992. The first-order valence-electron chi connectivity index (χ1n) is 6.61. The Labute approximate surface area is 119 Å². The molecule has 0 amide bonds. The highest BCUT2D eigenvalue weighted by Crippen LogP contribution is 2.15. The van der Waals surface area contributed by atoms with Gasteiger partial charge in [0, 0.05) is 37.5 Å². The molecule has 0 aromatic carbocycles. The lowest BCUT2D eigenvalue weighted by Crippen LogP contribution is -2.50. The summed E-state index contributed by atoms with van der Waals surface area (Å²) in [7, 11) is 2.21. The molecule has 0 radical (unpaired) electrons. The Morgan fingerprint density at radius 2 is 2.33 bits per heavy atom. The van der Waals surface area contributed by atoms with E-state index >= 15 is 0 Å². The molecule has 2 heterocycles. The second-order valence-corrected chi connectivity index (χ2v) is 6.33. The number of halogens is 1. The number of thiazole rings is 1. The minimum absolute atomic E-state index is 0.534. The van der Waals surface area contributed by atoms with Gasteiger partial charge in [0.25, 0.3) is 0 Å². The lowest BCUT2D eigenvalue weighted by atomic mass is 10.2. The zero-order valence-electron chi connectivity index (χ0n) is 11.2. The Kier molecular flexibility index (Phi) is 5.42. The quantitative estimate of drug-likeness (QED) is 0.776. The summed E-state index contributed by atoms with van der Waals surface area (Å²) in [6.07, 6.45) is 2.28. The van der Waals surface area contributed by atoms with E-state index in [9.17, 15) is 0 Å². The van der Waals surface area contributed by atoms with Crippen LogP contribution >= 0.6 is 22.9 Å². The summed E-state index contributed by atoms with van der Waals surface area (Å²) in [4.78, 5) is 9.51. The van der Waals surface area contributed by atoms with Gasteiger partial charge in [-0.05, 0) is 26.9 Å². The van der Waals surface area contributed by atoms with E-state index in [4.69, 9.17) is 11.6 Å². The predicted molar refractivity (Wildman–Crippen MR) is 78.5 cm³/mol. The maximum absolute atomic E-state index is 5.76. The van der Waals surface area contributed by atoms with Crippen LogP contribution in [0.15, 0.2) is 5.38 Å². The summed E-state index contributed by atoms with van der Waals surface area (Å²) in [6, 6.07) is 0.679. The summed E-state index contributed by atoms with van der Waals surface area (Å²) in [5.41, 5.74) is 1.02. The molecule has 1 saturated heterocycles. The molecule has 1 aromatic heterocycles. The van der Waals surface area contributed by atoms with Gasteiger partial charge in [-0.1, -0.05) is 0 Å². The first-order chi connectivity index (χ1) is 8.69. The molecule has 1 aromatic rings. The molecule has 0 bridgehead atoms. The van der Waals surface area contributed by atoms with Gasteiger partial charge in [0.1, 0.15) is 0 Å². The summed E-state index contributed by atoms with van der Waals surface area (Å²) < 4.78 is 0. The number of aryl methyl sites for hydroxylation is 1. The normalized spacial score (nSPS) is 22.5. The standard InChI is InChI=1S/C13H22ClN3S/c1-11-9-16(2)6-7-17(11)5-3-4-13-15-12(8-14)10-18-13/h10-11H,3-9H2,1-2H3. The highest BCUT2D eigenvalue weighted by atomic mass is 35.5. The lowest BCUT2D eigenvalue weighted by Gasteiger charge is -2.38. The minimum atomic E-state index is 0.534. The average molecular weight is 288 g/mol. The van der Waals surface area contributed by atoms with Gasteiger partial charge < -0.3 is 4.90 Å². The SMILES string of the molecule is CC1CN(C)CCN1CCCc1nc(CCl)cs1. The molecule has 0 aliphatic carbocycles. The van der Waals surface area contributed by atoms with E-state index in [0.717, 1.165) is 12.1 Å². The van der Waals surface area contributed by atoms with Crippen molar-refractivity contribution in [3.05, 3.63) is 16.1 Å². The highest BCUT2D eigenvalue weighted by molar-refractivity contribution is 7.09. The van der Waals surface area contributed by atoms with Crippen molar-refractivity contribution in [2.45, 2.75) is 31.7 Å². The van der Waals surface area contributed by atoms with E-state index in [-0.39, 0.29) is 0 Å². The predicted octanol–water partition coefficient (Wildman–Crippen LogP) is 2.45. The number of rotatable bonds is 5. The molecule has 5 heteroatoms. The number of likely N-dealkylation sites (N-methyl/N-ethyl adjacent to an activating group) is 1. The maximum Gasteiger partial charge on any atom is 0.0929 e. The number of piperazine rings is 1. The Hall–Kier alpha value is -0.160. The van der Waals surface area contributed by atoms with Crippen molar-refractivity contribution in [1.29, 1.82) is 0 Å². The fraction of sp³-hybridized carbons (Fsp3) is 0.769. The van der Waals surface area contributed by atoms with Crippen LogP contribution in [0.25, 0.3) is 0 Å². The molecule has 18 heavy (non-hydrogen) atoms. The molecule has 0 N–H and O–H groups in total. The molecule has 3 nitrogen and oxygen atoms in total. The van der Waals surface area contributed by atoms with E-state index in [1.54, 1.807) is 11.3 Å². The van der Waals surface area contributed by atoms with E-state index in [0.29, 0.717) is 11.9 Å². The molecule has 0 spiro atoms. The van der Waals surface area contributed by atoms with Crippen LogP contribution in [-0.4, -0.2) is 54.1 Å². The molecule has 1 atom stereocenters. The van der Waals surface area contributed by atoms with Crippen molar-refractivity contribution in [3.8, 4) is 0 Å². The highest BCUT2D eigenvalue weighted by Gasteiger charge is 2.20. The van der Waals surface area contributed by atoms with Gasteiger partial charge in [-0.25, -0.2) is 4.98 Å². The van der Waals surface area contributed by atoms with Gasteiger partial charge in [-0.3, -0.25) is 4.90 Å². The van der Waals surface area contributed by atoms with E-state index in [1.165, 1.54) is 37.6 Å². The van der Waals surface area contributed by atoms with E-state index < -0.39 is 0 Å². The third-order valence-corrected chi connectivity index (χ3v) is 4.77. The van der Waals surface area contributed by atoms with Crippen LogP contribution in [-0.2, 0) is 12.3 Å². The van der Waals surface area contributed by atoms with Gasteiger partial charge in [0.05, 0.1) is 16.6 Å². The van der Waals surface area contributed by atoms with Crippen molar-refractivity contribution in [2.75, 3.05) is 33.2 Å². The Morgan fingerprint density at radius 3 is 3.00 bits per heavy atom. The number of alkyl halides is 1. The topological polar surface area (TPSA) is 19.4 Å². The summed E-state index contributed by atoms with van der Waals surface area (Å²) in [5.74, 6) is 0.534. The molecule has 1 aliphatic heterocycles. The second kappa shape index (κ2) is 6.85. The first-order valence-corrected chi connectivity index (χ1v) is 8.02. The molecule has 0 saturated carbocycles. The Morgan fingerprint density at radius 1 is 1.50 bits per heavy atom. The van der Waals surface area contributed by atoms with Crippen LogP contribution in [0.4, 0.5) is 0 Å². The van der Waals surface area contributed by atoms with Crippen LogP contribution in [0.2, 0.25) is 0 Å². The van der Waals surface area contributed by atoms with Crippen LogP contribution in [0.5, 0.6) is 0 Å². The van der Waals surface area contributed by atoms with Crippen molar-refractivity contribution in [1.82, 2.24) is 14.8 Å². The van der Waals surface area contributed by atoms with Gasteiger partial charge in [0.2, 0.25) is 0 Å². The van der Waals surface area contributed by atoms with Crippen molar-refractivity contribution in [3.63, 3.8) is 0 Å². The van der Waals surface area contributed by atoms with Crippen LogP contribution in [0.1, 0.15) is 24.0 Å². The summed E-state index contributed by atoms with van der Waals surface area (Å²) in [5, 5.41) is 3.30. The zero-order chi connectivity index (χ0) is 13.0. The Bertz CT molecular complexity index is 369. The summed E-state index contributed by atoms with van der Waals surface area (Å²) >= 11 is 7.50. The number of hydrogen-bond acceptors (Lipinski definition) is 4. The fourth-order valence-corrected chi connectivity index (χ4v) is 3.54. The van der Waals surface area contributed by atoms with E-state index in [1.807, 2.05) is 0 Å². The number of nitrogens with zero attached hydrogens (tertiary/aromatic N) is 3. The largest absolute Gasteiger partial charge is 0.304 e. The van der Waals surface area contributed by atoms with Crippen LogP contribution in [0, 0.1) is 0 Å². The van der Waals surface area contributed by atoms with Gasteiger partial charge in [0.15, 0.2) is 0 Å². The molecule has 2 rings (SSSR count). The van der Waals surface area contributed by atoms with Gasteiger partial charge >= 0.3 is 0 Å². The summed E-state index contributed by atoms with van der Waals surface area (Å²) in [6.45, 7) is 7.09. The van der Waals surface area contributed by atoms with Gasteiger partial charge in [-0.15, -0.1) is 22.9 Å². The smallest absolute Gasteiger partial charge is 0.0929 e. The van der Waals surface area contributed by atoms with E-state index in [2.05, 4.69) is 34.1 Å². The molecular weight excluding hydrogens is 266 g/mol. The monoisotopic (exact) mass is 287 g/mol. The maximum atomic E-state index is 5.76. The second-order valence-electron chi connectivity index (χ2n) is 5.12. The van der Waals surface area contributed by atoms with Crippen molar-refractivity contribution >= 4 is 22.9 Å². The fourth-order valence-electron chi connectivity index (χ4n) is 2.47. The minimum Gasteiger partial charge on any atom is -0.304 e. The van der Waals surface area contributed by atoms with Gasteiger partial charge in [-0.2, -0.15) is 0 Å². The molecule has 1 fully saturated rings. The number of aromatic nitrogens is 1. The number of hydrogen-bond donors (Lipinski definition) is 0. The molecular formula is C13H22ClN3S.